The van der Waals surface area contributed by atoms with Crippen molar-refractivity contribution in [2.75, 3.05) is 13.7 Å². The number of aromatic nitrogens is 1. The Balaban J connectivity index is 2.45. The van der Waals surface area contributed by atoms with Crippen molar-refractivity contribution in [3.05, 3.63) is 23.9 Å². The molecule has 0 saturated heterocycles. The van der Waals surface area contributed by atoms with Crippen LogP contribution in [0.4, 0.5) is 0 Å². The summed E-state index contributed by atoms with van der Waals surface area (Å²) in [5.41, 5.74) is 6.21. The summed E-state index contributed by atoms with van der Waals surface area (Å²) in [6, 6.07) is 2.74. The first-order valence-corrected chi connectivity index (χ1v) is 4.82. The maximum atomic E-state index is 10.5. The lowest BCUT2D eigenvalue weighted by Gasteiger charge is -2.10. The standard InChI is InChI=1S/C10H15N3O3/c1-16-9-7(3-2-4-13-9)5-12-6-8(11)10(14)15/h2-4,8,12H,5-6,11H2,1H3,(H,14,15). The SMILES string of the molecule is COc1ncccc1CNCC(N)C(=O)O. The predicted octanol–water partition coefficient (Wildman–Crippen LogP) is -0.408. The molecule has 0 aliphatic rings. The Morgan fingerprint density at radius 1 is 1.75 bits per heavy atom. The number of hydrogen-bond donors (Lipinski definition) is 3. The Labute approximate surface area is 93.4 Å². The van der Waals surface area contributed by atoms with Gasteiger partial charge in [-0.1, -0.05) is 6.07 Å². The highest BCUT2D eigenvalue weighted by molar-refractivity contribution is 5.73. The van der Waals surface area contributed by atoms with E-state index in [0.29, 0.717) is 12.4 Å². The summed E-state index contributed by atoms with van der Waals surface area (Å²) < 4.78 is 5.05. The van der Waals surface area contributed by atoms with Crippen LogP contribution in [0, 0.1) is 0 Å². The Morgan fingerprint density at radius 3 is 3.12 bits per heavy atom. The van der Waals surface area contributed by atoms with E-state index in [-0.39, 0.29) is 6.54 Å². The number of pyridine rings is 1. The van der Waals surface area contributed by atoms with Crippen LogP contribution in [-0.4, -0.2) is 35.8 Å². The van der Waals surface area contributed by atoms with E-state index in [2.05, 4.69) is 10.3 Å². The van der Waals surface area contributed by atoms with Crippen molar-refractivity contribution in [3.8, 4) is 5.88 Å². The van der Waals surface area contributed by atoms with Crippen molar-refractivity contribution in [2.24, 2.45) is 5.73 Å². The maximum absolute atomic E-state index is 10.5. The van der Waals surface area contributed by atoms with E-state index in [4.69, 9.17) is 15.6 Å². The first kappa shape index (κ1) is 12.4. The van der Waals surface area contributed by atoms with Crippen LogP contribution < -0.4 is 15.8 Å². The average molecular weight is 225 g/mol. The number of nitrogens with zero attached hydrogens (tertiary/aromatic N) is 1. The van der Waals surface area contributed by atoms with Gasteiger partial charge in [0.25, 0.3) is 0 Å². The summed E-state index contributed by atoms with van der Waals surface area (Å²) in [7, 11) is 1.54. The van der Waals surface area contributed by atoms with E-state index in [1.807, 2.05) is 6.07 Å². The summed E-state index contributed by atoms with van der Waals surface area (Å²) in [5, 5.41) is 11.5. The van der Waals surface area contributed by atoms with Crippen LogP contribution in [0.5, 0.6) is 5.88 Å². The molecule has 1 unspecified atom stereocenters. The predicted molar refractivity (Wildman–Crippen MR) is 58.1 cm³/mol. The monoisotopic (exact) mass is 225 g/mol. The molecule has 16 heavy (non-hydrogen) atoms. The summed E-state index contributed by atoms with van der Waals surface area (Å²) in [4.78, 5) is 14.5. The van der Waals surface area contributed by atoms with Gasteiger partial charge in [0.05, 0.1) is 7.11 Å². The highest BCUT2D eigenvalue weighted by Crippen LogP contribution is 2.12. The van der Waals surface area contributed by atoms with Gasteiger partial charge in [-0.15, -0.1) is 0 Å². The molecule has 6 nitrogen and oxygen atoms in total. The van der Waals surface area contributed by atoms with Gasteiger partial charge in [0, 0.05) is 24.8 Å². The Hall–Kier alpha value is -1.66. The second-order valence-corrected chi connectivity index (χ2v) is 3.25. The van der Waals surface area contributed by atoms with Crippen molar-refractivity contribution in [2.45, 2.75) is 12.6 Å². The molecular formula is C10H15N3O3. The largest absolute Gasteiger partial charge is 0.481 e. The number of ether oxygens (including phenoxy) is 1. The summed E-state index contributed by atoms with van der Waals surface area (Å²) in [6.07, 6.45) is 1.63. The van der Waals surface area contributed by atoms with E-state index < -0.39 is 12.0 Å². The minimum absolute atomic E-state index is 0.202. The number of aliphatic carboxylic acids is 1. The van der Waals surface area contributed by atoms with Gasteiger partial charge in [0.2, 0.25) is 5.88 Å². The zero-order chi connectivity index (χ0) is 12.0. The lowest BCUT2D eigenvalue weighted by molar-refractivity contribution is -0.138. The van der Waals surface area contributed by atoms with Crippen molar-refractivity contribution < 1.29 is 14.6 Å². The maximum Gasteiger partial charge on any atom is 0.321 e. The third-order valence-electron chi connectivity index (χ3n) is 2.04. The summed E-state index contributed by atoms with van der Waals surface area (Å²) in [6.45, 7) is 0.672. The fourth-order valence-corrected chi connectivity index (χ4v) is 1.19. The second-order valence-electron chi connectivity index (χ2n) is 3.25. The van der Waals surface area contributed by atoms with Crippen LogP contribution in [0.25, 0.3) is 0 Å². The van der Waals surface area contributed by atoms with Gasteiger partial charge in [-0.2, -0.15) is 0 Å². The first-order valence-electron chi connectivity index (χ1n) is 4.82. The van der Waals surface area contributed by atoms with Gasteiger partial charge in [0.1, 0.15) is 6.04 Å². The molecular weight excluding hydrogens is 210 g/mol. The molecule has 0 fully saturated rings. The molecule has 0 saturated carbocycles. The second kappa shape index (κ2) is 6.04. The average Bonchev–Trinajstić information content (AvgIpc) is 2.29. The third-order valence-corrected chi connectivity index (χ3v) is 2.04. The first-order chi connectivity index (χ1) is 7.65. The van der Waals surface area contributed by atoms with Crippen LogP contribution >= 0.6 is 0 Å². The number of rotatable bonds is 6. The molecule has 0 amide bonds. The zero-order valence-corrected chi connectivity index (χ0v) is 9.01. The number of carbonyl (C=O) groups is 1. The number of nitrogens with one attached hydrogen (secondary N) is 1. The molecule has 1 aromatic heterocycles. The van der Waals surface area contributed by atoms with E-state index in [1.54, 1.807) is 12.3 Å². The summed E-state index contributed by atoms with van der Waals surface area (Å²) >= 11 is 0. The molecule has 1 rings (SSSR count). The molecule has 0 aliphatic carbocycles. The molecule has 88 valence electrons. The van der Waals surface area contributed by atoms with E-state index in [1.165, 1.54) is 7.11 Å². The van der Waals surface area contributed by atoms with Crippen LogP contribution in [0.15, 0.2) is 18.3 Å². The van der Waals surface area contributed by atoms with Crippen molar-refractivity contribution >= 4 is 5.97 Å². The van der Waals surface area contributed by atoms with Crippen LogP contribution in [-0.2, 0) is 11.3 Å². The smallest absolute Gasteiger partial charge is 0.321 e. The highest BCUT2D eigenvalue weighted by atomic mass is 16.5. The van der Waals surface area contributed by atoms with E-state index >= 15 is 0 Å². The molecule has 1 atom stereocenters. The Bertz CT molecular complexity index is 357. The molecule has 0 radical (unpaired) electrons. The number of carboxylic acids is 1. The summed E-state index contributed by atoms with van der Waals surface area (Å²) in [5.74, 6) is -0.496. The van der Waals surface area contributed by atoms with Gasteiger partial charge < -0.3 is 20.9 Å². The van der Waals surface area contributed by atoms with Gasteiger partial charge in [0.15, 0.2) is 0 Å². The number of methoxy groups -OCH3 is 1. The molecule has 0 aromatic carbocycles. The van der Waals surface area contributed by atoms with Gasteiger partial charge in [-0.05, 0) is 6.07 Å². The Kier molecular flexibility index (Phi) is 4.68. The molecule has 4 N–H and O–H groups in total. The minimum atomic E-state index is -1.02. The molecule has 0 bridgehead atoms. The fraction of sp³-hybridized carbons (Fsp3) is 0.400. The molecule has 6 heteroatoms. The van der Waals surface area contributed by atoms with Crippen molar-refractivity contribution in [3.63, 3.8) is 0 Å². The minimum Gasteiger partial charge on any atom is -0.481 e. The van der Waals surface area contributed by atoms with Gasteiger partial charge in [-0.25, -0.2) is 4.98 Å². The van der Waals surface area contributed by atoms with E-state index in [0.717, 1.165) is 5.56 Å². The number of carboxylic acid groups (broad SMARTS) is 1. The Morgan fingerprint density at radius 2 is 2.50 bits per heavy atom. The topological polar surface area (TPSA) is 97.5 Å². The highest BCUT2D eigenvalue weighted by Gasteiger charge is 2.10. The molecule has 0 spiro atoms. The van der Waals surface area contributed by atoms with Crippen molar-refractivity contribution in [1.82, 2.24) is 10.3 Å². The van der Waals surface area contributed by atoms with Gasteiger partial charge >= 0.3 is 5.97 Å². The molecule has 1 heterocycles. The number of hydrogen-bond acceptors (Lipinski definition) is 5. The van der Waals surface area contributed by atoms with Crippen LogP contribution in [0.3, 0.4) is 0 Å². The van der Waals surface area contributed by atoms with Crippen LogP contribution in [0.1, 0.15) is 5.56 Å². The van der Waals surface area contributed by atoms with Crippen molar-refractivity contribution in [1.29, 1.82) is 0 Å². The van der Waals surface area contributed by atoms with Gasteiger partial charge in [-0.3, -0.25) is 4.79 Å². The molecule has 1 aromatic rings. The quantitative estimate of drug-likeness (QED) is 0.609. The fourth-order valence-electron chi connectivity index (χ4n) is 1.19. The number of nitrogens with two attached hydrogens (primary N) is 1. The third kappa shape index (κ3) is 3.48. The van der Waals surface area contributed by atoms with E-state index in [9.17, 15) is 4.79 Å². The normalized spacial score (nSPS) is 12.1. The zero-order valence-electron chi connectivity index (χ0n) is 9.01. The lowest BCUT2D eigenvalue weighted by atomic mass is 10.2. The van der Waals surface area contributed by atoms with Crippen LogP contribution in [0.2, 0.25) is 0 Å². The lowest BCUT2D eigenvalue weighted by Crippen LogP contribution is -2.40. The molecule has 0 aliphatic heterocycles.